The summed E-state index contributed by atoms with van der Waals surface area (Å²) in [5.41, 5.74) is 6.91. The maximum Gasteiger partial charge on any atom is 0.122 e. The van der Waals surface area contributed by atoms with E-state index in [-0.39, 0.29) is 6.10 Å². The normalized spacial score (nSPS) is 21.6. The molecule has 0 bridgehead atoms. The van der Waals surface area contributed by atoms with Crippen molar-refractivity contribution < 1.29 is 9.47 Å². The van der Waals surface area contributed by atoms with Crippen LogP contribution in [0.3, 0.4) is 0 Å². The van der Waals surface area contributed by atoms with Gasteiger partial charge in [-0.3, -0.25) is 0 Å². The maximum absolute atomic E-state index is 5.90. The van der Waals surface area contributed by atoms with E-state index in [0.717, 1.165) is 38.2 Å². The number of hydrogen-bond donors (Lipinski definition) is 1. The van der Waals surface area contributed by atoms with E-state index < -0.39 is 0 Å². The number of hydrogen-bond acceptors (Lipinski definition) is 3. The fourth-order valence-electron chi connectivity index (χ4n) is 2.29. The van der Waals surface area contributed by atoms with Gasteiger partial charge in [0.15, 0.2) is 0 Å². The van der Waals surface area contributed by atoms with Gasteiger partial charge >= 0.3 is 0 Å². The van der Waals surface area contributed by atoms with Gasteiger partial charge in [-0.15, -0.1) is 0 Å². The Morgan fingerprint density at radius 1 is 1.39 bits per heavy atom. The Bertz CT molecular complexity index is 344. The first-order valence-corrected chi connectivity index (χ1v) is 6.84. The van der Waals surface area contributed by atoms with Crippen molar-refractivity contribution >= 4 is 0 Å². The van der Waals surface area contributed by atoms with Crippen LogP contribution in [0.1, 0.15) is 37.7 Å². The highest BCUT2D eigenvalue weighted by Gasteiger charge is 2.15. The van der Waals surface area contributed by atoms with Crippen LogP contribution in [-0.4, -0.2) is 25.9 Å². The second-order valence-electron chi connectivity index (χ2n) is 5.00. The largest absolute Gasteiger partial charge is 0.488 e. The lowest BCUT2D eigenvalue weighted by molar-refractivity contribution is 0.00742. The van der Waals surface area contributed by atoms with Gasteiger partial charge in [0.2, 0.25) is 0 Å². The molecule has 0 spiro atoms. The number of rotatable bonds is 5. The van der Waals surface area contributed by atoms with Gasteiger partial charge in [0, 0.05) is 6.61 Å². The summed E-state index contributed by atoms with van der Waals surface area (Å²) in [6.07, 6.45) is 3.42. The van der Waals surface area contributed by atoms with Crippen molar-refractivity contribution in [2.75, 3.05) is 19.8 Å². The zero-order chi connectivity index (χ0) is 12.8. The molecule has 2 N–H and O–H groups in total. The van der Waals surface area contributed by atoms with Gasteiger partial charge in [-0.2, -0.15) is 0 Å². The molecule has 1 aliphatic rings. The van der Waals surface area contributed by atoms with Crippen LogP contribution in [0, 0.1) is 0 Å². The van der Waals surface area contributed by atoms with Gasteiger partial charge in [-0.05, 0) is 49.4 Å². The summed E-state index contributed by atoms with van der Waals surface area (Å²) in [6, 6.07) is 8.38. The van der Waals surface area contributed by atoms with Gasteiger partial charge in [-0.1, -0.05) is 19.1 Å². The van der Waals surface area contributed by atoms with Gasteiger partial charge in [-0.25, -0.2) is 0 Å². The smallest absolute Gasteiger partial charge is 0.122 e. The van der Waals surface area contributed by atoms with Gasteiger partial charge in [0.1, 0.15) is 11.9 Å². The van der Waals surface area contributed by atoms with E-state index in [0.29, 0.717) is 12.5 Å². The summed E-state index contributed by atoms with van der Waals surface area (Å²) in [7, 11) is 0. The average molecular weight is 249 g/mol. The van der Waals surface area contributed by atoms with E-state index >= 15 is 0 Å². The first-order chi connectivity index (χ1) is 8.79. The Morgan fingerprint density at radius 2 is 2.17 bits per heavy atom. The summed E-state index contributed by atoms with van der Waals surface area (Å²) < 4.78 is 11.3. The molecule has 3 nitrogen and oxygen atoms in total. The molecule has 1 fully saturated rings. The Balaban J connectivity index is 1.90. The average Bonchev–Trinajstić information content (AvgIpc) is 2.41. The first kappa shape index (κ1) is 13.4. The molecule has 2 atom stereocenters. The molecule has 2 unspecified atom stereocenters. The van der Waals surface area contributed by atoms with Crippen molar-refractivity contribution in [2.24, 2.45) is 5.73 Å². The van der Waals surface area contributed by atoms with Crippen LogP contribution >= 0.6 is 0 Å². The van der Waals surface area contributed by atoms with Gasteiger partial charge in [0.05, 0.1) is 6.61 Å². The quantitative estimate of drug-likeness (QED) is 0.872. The molecule has 1 heterocycles. The van der Waals surface area contributed by atoms with Crippen molar-refractivity contribution in [1.82, 2.24) is 0 Å². The van der Waals surface area contributed by atoms with Gasteiger partial charge < -0.3 is 15.2 Å². The molecule has 1 aromatic rings. The zero-order valence-electron chi connectivity index (χ0n) is 11.1. The predicted molar refractivity (Wildman–Crippen MR) is 73.0 cm³/mol. The van der Waals surface area contributed by atoms with Gasteiger partial charge in [0.25, 0.3) is 0 Å². The van der Waals surface area contributed by atoms with E-state index in [2.05, 4.69) is 31.2 Å². The predicted octanol–water partition coefficient (Wildman–Crippen LogP) is 2.70. The third-order valence-electron chi connectivity index (χ3n) is 3.47. The number of ether oxygens (including phenoxy) is 2. The lowest BCUT2D eigenvalue weighted by atomic mass is 9.98. The molecule has 0 aromatic heterocycles. The zero-order valence-corrected chi connectivity index (χ0v) is 11.1. The number of nitrogens with two attached hydrogens (primary N) is 1. The third kappa shape index (κ3) is 3.72. The highest BCUT2D eigenvalue weighted by molar-refractivity contribution is 5.29. The van der Waals surface area contributed by atoms with Crippen molar-refractivity contribution in [2.45, 2.75) is 38.2 Å². The third-order valence-corrected chi connectivity index (χ3v) is 3.47. The monoisotopic (exact) mass is 249 g/mol. The van der Waals surface area contributed by atoms with Crippen LogP contribution in [0.2, 0.25) is 0 Å². The molecular weight excluding hydrogens is 226 g/mol. The summed E-state index contributed by atoms with van der Waals surface area (Å²) in [5.74, 6) is 1.45. The molecule has 0 radical (unpaired) electrons. The Kier molecular flexibility index (Phi) is 5.02. The molecule has 100 valence electrons. The molecule has 2 rings (SSSR count). The highest BCUT2D eigenvalue weighted by atomic mass is 16.5. The molecule has 0 amide bonds. The van der Waals surface area contributed by atoms with Crippen molar-refractivity contribution in [3.8, 4) is 5.75 Å². The fourth-order valence-corrected chi connectivity index (χ4v) is 2.29. The van der Waals surface area contributed by atoms with E-state index in [1.54, 1.807) is 0 Å². The minimum absolute atomic E-state index is 0.214. The van der Waals surface area contributed by atoms with E-state index in [1.807, 2.05) is 0 Å². The second kappa shape index (κ2) is 6.76. The summed E-state index contributed by atoms with van der Waals surface area (Å²) in [6.45, 7) is 4.53. The van der Waals surface area contributed by atoms with Crippen LogP contribution < -0.4 is 10.5 Å². The summed E-state index contributed by atoms with van der Waals surface area (Å²) >= 11 is 0. The summed E-state index contributed by atoms with van der Waals surface area (Å²) in [4.78, 5) is 0. The standard InChI is InChI=1S/C15H23NO2/c1-12(8-9-16)13-4-6-14(7-5-13)18-15-3-2-10-17-11-15/h4-7,12,15H,2-3,8-11,16H2,1H3. The Labute approximate surface area is 109 Å². The molecule has 1 aromatic carbocycles. The minimum Gasteiger partial charge on any atom is -0.488 e. The molecule has 0 aliphatic carbocycles. The minimum atomic E-state index is 0.214. The SMILES string of the molecule is CC(CCN)c1ccc(OC2CCCOC2)cc1. The second-order valence-corrected chi connectivity index (χ2v) is 5.00. The lowest BCUT2D eigenvalue weighted by Gasteiger charge is -2.23. The molecular formula is C15H23NO2. The number of benzene rings is 1. The van der Waals surface area contributed by atoms with Crippen molar-refractivity contribution in [3.63, 3.8) is 0 Å². The Hall–Kier alpha value is -1.06. The highest BCUT2D eigenvalue weighted by Crippen LogP contribution is 2.23. The molecule has 0 saturated carbocycles. The molecule has 1 saturated heterocycles. The maximum atomic E-state index is 5.90. The first-order valence-electron chi connectivity index (χ1n) is 6.84. The summed E-state index contributed by atoms with van der Waals surface area (Å²) in [5, 5.41) is 0. The van der Waals surface area contributed by atoms with E-state index in [1.165, 1.54) is 5.56 Å². The topological polar surface area (TPSA) is 44.5 Å². The van der Waals surface area contributed by atoms with E-state index in [4.69, 9.17) is 15.2 Å². The fraction of sp³-hybridized carbons (Fsp3) is 0.600. The van der Waals surface area contributed by atoms with Crippen LogP contribution in [0.4, 0.5) is 0 Å². The van der Waals surface area contributed by atoms with Crippen molar-refractivity contribution in [3.05, 3.63) is 29.8 Å². The van der Waals surface area contributed by atoms with Crippen LogP contribution in [0.5, 0.6) is 5.75 Å². The lowest BCUT2D eigenvalue weighted by Crippen LogP contribution is -2.27. The van der Waals surface area contributed by atoms with Crippen molar-refractivity contribution in [1.29, 1.82) is 0 Å². The molecule has 1 aliphatic heterocycles. The van der Waals surface area contributed by atoms with Crippen LogP contribution in [0.15, 0.2) is 24.3 Å². The van der Waals surface area contributed by atoms with Crippen LogP contribution in [-0.2, 0) is 4.74 Å². The molecule has 3 heteroatoms. The Morgan fingerprint density at radius 3 is 2.78 bits per heavy atom. The van der Waals surface area contributed by atoms with Crippen LogP contribution in [0.25, 0.3) is 0 Å². The van der Waals surface area contributed by atoms with E-state index in [9.17, 15) is 0 Å². The molecule has 18 heavy (non-hydrogen) atoms.